The Hall–Kier alpha value is -4.04. The van der Waals surface area contributed by atoms with Gasteiger partial charge in [0.25, 0.3) is 0 Å². The average molecular weight is 969 g/mol. The second-order valence-electron chi connectivity index (χ2n) is 20.0. The minimum Gasteiger partial charge on any atom is -0.494 e. The Kier molecular flexibility index (Phi) is 32.3. The molecule has 0 saturated carbocycles. The molecule has 0 amide bonds. The zero-order chi connectivity index (χ0) is 49.5. The molecule has 0 unspecified atom stereocenters. The normalized spacial score (nSPS) is 15.7. The van der Waals surface area contributed by atoms with Gasteiger partial charge in [0.15, 0.2) is 0 Å². The van der Waals surface area contributed by atoms with Crippen LogP contribution in [0.5, 0.6) is 17.2 Å². The van der Waals surface area contributed by atoms with Crippen molar-refractivity contribution in [2.24, 2.45) is 0 Å². The number of hydrogen-bond donors (Lipinski definition) is 0. The predicted molar refractivity (Wildman–Crippen MR) is 287 cm³/mol. The van der Waals surface area contributed by atoms with E-state index in [1.807, 2.05) is 60.7 Å². The summed E-state index contributed by atoms with van der Waals surface area (Å²) < 4.78 is 36.6. The zero-order valence-electron chi connectivity index (χ0n) is 44.4. The van der Waals surface area contributed by atoms with Gasteiger partial charge in [0.05, 0.1) is 31.5 Å². The van der Waals surface area contributed by atoms with Gasteiger partial charge in [-0.05, 0) is 98.2 Å². The largest absolute Gasteiger partial charge is 0.494 e. The Balaban J connectivity index is 1.18. The Morgan fingerprint density at radius 1 is 0.471 bits per heavy atom. The van der Waals surface area contributed by atoms with Crippen molar-refractivity contribution >= 4 is 11.9 Å². The van der Waals surface area contributed by atoms with Gasteiger partial charge in [-0.25, -0.2) is 4.79 Å². The molecule has 392 valence electrons. The number of carbonyl (C=O) groups is 2. The summed E-state index contributed by atoms with van der Waals surface area (Å²) in [4.78, 5) is 26.7. The van der Waals surface area contributed by atoms with Crippen LogP contribution < -0.4 is 14.2 Å². The first-order valence-electron chi connectivity index (χ1n) is 28.7. The third-order valence-electron chi connectivity index (χ3n) is 13.8. The summed E-state index contributed by atoms with van der Waals surface area (Å²) in [6, 6.07) is 23.3. The first-order valence-corrected chi connectivity index (χ1v) is 28.7. The van der Waals surface area contributed by atoms with Crippen molar-refractivity contribution in [3.63, 3.8) is 0 Å². The van der Waals surface area contributed by atoms with Crippen LogP contribution in [0.4, 0.5) is 0 Å². The van der Waals surface area contributed by atoms with E-state index in [2.05, 4.69) is 20.8 Å². The minimum absolute atomic E-state index is 0.0375. The van der Waals surface area contributed by atoms with E-state index in [-0.39, 0.29) is 25.1 Å². The van der Waals surface area contributed by atoms with E-state index < -0.39 is 18.2 Å². The molecule has 0 spiro atoms. The molecule has 0 radical (unpaired) electrons. The number of rotatable bonds is 42. The Morgan fingerprint density at radius 2 is 0.857 bits per heavy atom. The lowest BCUT2D eigenvalue weighted by atomic mass is 9.96. The maximum absolute atomic E-state index is 13.4. The van der Waals surface area contributed by atoms with Crippen LogP contribution in [0.2, 0.25) is 0 Å². The summed E-state index contributed by atoms with van der Waals surface area (Å²) >= 11 is 0. The molecule has 4 rings (SSSR count). The molecular weight excluding hydrogens is 873 g/mol. The Morgan fingerprint density at radius 3 is 1.30 bits per heavy atom. The second kappa shape index (κ2) is 38.6. The van der Waals surface area contributed by atoms with Crippen molar-refractivity contribution in [2.45, 2.75) is 245 Å². The van der Waals surface area contributed by atoms with Crippen molar-refractivity contribution in [1.82, 2.24) is 0 Å². The molecule has 1 saturated heterocycles. The second-order valence-corrected chi connectivity index (χ2v) is 20.0. The highest BCUT2D eigenvalue weighted by Gasteiger charge is 2.36. The van der Waals surface area contributed by atoms with Crippen molar-refractivity contribution < 1.29 is 38.0 Å². The first kappa shape index (κ1) is 58.5. The van der Waals surface area contributed by atoms with E-state index in [0.29, 0.717) is 38.0 Å². The van der Waals surface area contributed by atoms with Crippen LogP contribution in [0.25, 0.3) is 0 Å². The van der Waals surface area contributed by atoms with Gasteiger partial charge >= 0.3 is 11.9 Å². The third-order valence-corrected chi connectivity index (χ3v) is 13.8. The lowest BCUT2D eigenvalue weighted by Gasteiger charge is -2.36. The van der Waals surface area contributed by atoms with E-state index in [4.69, 9.17) is 28.4 Å². The molecule has 70 heavy (non-hydrogen) atoms. The van der Waals surface area contributed by atoms with Crippen molar-refractivity contribution in [3.05, 3.63) is 89.5 Å². The molecule has 1 heterocycles. The Bertz CT molecular complexity index is 1720. The molecule has 0 aromatic heterocycles. The standard InChI is InChI=1S/C62H96O8/c1-4-7-10-13-15-17-19-21-23-25-27-30-49-65-55-39-32-52(33-40-55)34-47-61(63)70-59-46-45-58(53-35-41-56(42-36-53)66-48-29-12-9-6-3)69-60(59)51-68-62(64)54-37-43-57(44-38-54)67-50-31-28-26-24-22-20-18-16-14-11-8-5-2/h32-33,35-44,58-60H,4-31,34,45-51H2,1-3H3/t58-,59-,60+/m0/s1. The molecule has 3 aromatic rings. The fourth-order valence-corrected chi connectivity index (χ4v) is 9.31. The van der Waals surface area contributed by atoms with Crippen LogP contribution in [0.15, 0.2) is 72.8 Å². The van der Waals surface area contributed by atoms with Gasteiger partial charge in [-0.2, -0.15) is 0 Å². The monoisotopic (exact) mass is 969 g/mol. The average Bonchev–Trinajstić information content (AvgIpc) is 3.38. The molecule has 1 aliphatic heterocycles. The number of aryl methyl sites for hydroxylation is 1. The molecule has 8 heteroatoms. The molecule has 0 aliphatic carbocycles. The third kappa shape index (κ3) is 26.4. The summed E-state index contributed by atoms with van der Waals surface area (Å²) in [6.07, 6.45) is 36.8. The van der Waals surface area contributed by atoms with E-state index >= 15 is 0 Å². The molecule has 1 fully saturated rings. The van der Waals surface area contributed by atoms with E-state index in [1.54, 1.807) is 12.1 Å². The summed E-state index contributed by atoms with van der Waals surface area (Å²) in [5.41, 5.74) is 2.50. The number of benzene rings is 3. The summed E-state index contributed by atoms with van der Waals surface area (Å²) in [7, 11) is 0. The van der Waals surface area contributed by atoms with Crippen molar-refractivity contribution in [3.8, 4) is 17.2 Å². The number of ether oxygens (including phenoxy) is 6. The van der Waals surface area contributed by atoms with Crippen LogP contribution >= 0.6 is 0 Å². The minimum atomic E-state index is -0.624. The highest BCUT2D eigenvalue weighted by Crippen LogP contribution is 2.34. The summed E-state index contributed by atoms with van der Waals surface area (Å²) in [6.45, 7) is 8.81. The van der Waals surface area contributed by atoms with Crippen LogP contribution in [0.3, 0.4) is 0 Å². The quantitative estimate of drug-likeness (QED) is 0.0410. The van der Waals surface area contributed by atoms with E-state index in [0.717, 1.165) is 54.2 Å². The molecule has 3 atom stereocenters. The van der Waals surface area contributed by atoms with Crippen molar-refractivity contribution in [1.29, 1.82) is 0 Å². The highest BCUT2D eigenvalue weighted by atomic mass is 16.6. The number of hydrogen-bond acceptors (Lipinski definition) is 8. The molecule has 3 aromatic carbocycles. The van der Waals surface area contributed by atoms with Gasteiger partial charge in [-0.15, -0.1) is 0 Å². The Labute approximate surface area is 426 Å². The van der Waals surface area contributed by atoms with E-state index in [1.165, 1.54) is 161 Å². The van der Waals surface area contributed by atoms with Crippen LogP contribution in [-0.2, 0) is 25.4 Å². The highest BCUT2D eigenvalue weighted by molar-refractivity contribution is 5.89. The van der Waals surface area contributed by atoms with Crippen LogP contribution in [-0.4, -0.2) is 50.6 Å². The smallest absolute Gasteiger partial charge is 0.338 e. The number of unbranched alkanes of at least 4 members (excludes halogenated alkanes) is 25. The van der Waals surface area contributed by atoms with Gasteiger partial charge in [-0.3, -0.25) is 4.79 Å². The molecule has 0 N–H and O–H groups in total. The zero-order valence-corrected chi connectivity index (χ0v) is 44.4. The van der Waals surface area contributed by atoms with Gasteiger partial charge < -0.3 is 28.4 Å². The van der Waals surface area contributed by atoms with Gasteiger partial charge in [0.1, 0.15) is 36.1 Å². The molecule has 8 nitrogen and oxygen atoms in total. The van der Waals surface area contributed by atoms with Crippen molar-refractivity contribution in [2.75, 3.05) is 26.4 Å². The summed E-state index contributed by atoms with van der Waals surface area (Å²) in [5, 5.41) is 0. The SMILES string of the molecule is CCCCCCCCCCCCCCOc1ccc(CCC(=O)O[C@H]2CC[C@@H](c3ccc(OCCCCCC)cc3)O[C@@H]2COC(=O)c2ccc(OCCCCCCCCCCCCCC)cc2)cc1. The van der Waals surface area contributed by atoms with Crippen LogP contribution in [0.1, 0.15) is 247 Å². The predicted octanol–water partition coefficient (Wildman–Crippen LogP) is 17.4. The van der Waals surface area contributed by atoms with Gasteiger partial charge in [0.2, 0.25) is 0 Å². The first-order chi connectivity index (χ1) is 34.5. The van der Waals surface area contributed by atoms with Gasteiger partial charge in [-0.1, -0.05) is 206 Å². The lowest BCUT2D eigenvalue weighted by Crippen LogP contribution is -2.42. The topological polar surface area (TPSA) is 89.5 Å². The van der Waals surface area contributed by atoms with Crippen LogP contribution in [0, 0.1) is 0 Å². The lowest BCUT2D eigenvalue weighted by molar-refractivity contribution is -0.178. The fourth-order valence-electron chi connectivity index (χ4n) is 9.31. The molecule has 1 aliphatic rings. The summed E-state index contributed by atoms with van der Waals surface area (Å²) in [5.74, 6) is 1.69. The maximum Gasteiger partial charge on any atom is 0.338 e. The van der Waals surface area contributed by atoms with Gasteiger partial charge in [0, 0.05) is 6.42 Å². The maximum atomic E-state index is 13.4. The molecule has 0 bridgehead atoms. The molecular formula is C62H96O8. The van der Waals surface area contributed by atoms with E-state index in [9.17, 15) is 9.59 Å². The number of carbonyl (C=O) groups excluding carboxylic acids is 2. The number of esters is 2. The fraction of sp³-hybridized carbons (Fsp3) is 0.677.